The Morgan fingerprint density at radius 1 is 1.00 bits per heavy atom. The number of hydrogen-bond acceptors (Lipinski definition) is 1. The maximum absolute atomic E-state index is 5.08. The van der Waals surface area contributed by atoms with E-state index >= 15 is 0 Å². The van der Waals surface area contributed by atoms with E-state index in [1.165, 1.54) is 32.1 Å². The Bertz CT molecular complexity index is 83.9. The van der Waals surface area contributed by atoms with Crippen molar-refractivity contribution in [3.8, 4) is 0 Å². The molecule has 0 unspecified atom stereocenters. The van der Waals surface area contributed by atoms with Crippen molar-refractivity contribution in [1.82, 2.24) is 0 Å². The third-order valence-corrected chi connectivity index (χ3v) is 2.16. The normalized spacial score (nSPS) is 11.0. The summed E-state index contributed by atoms with van der Waals surface area (Å²) in [6.45, 7) is 5.26. The zero-order chi connectivity index (χ0) is 9.23. The van der Waals surface area contributed by atoms with Gasteiger partial charge >= 0.3 is 0 Å². The molecule has 0 aromatic carbocycles. The third-order valence-electron chi connectivity index (χ3n) is 2.00. The second-order valence-corrected chi connectivity index (χ2v) is 3.98. The van der Waals surface area contributed by atoms with Gasteiger partial charge in [0.25, 0.3) is 0 Å². The largest absolute Gasteiger partial charge is 0.279 e. The van der Waals surface area contributed by atoms with Crippen LogP contribution in [0.2, 0.25) is 0 Å². The van der Waals surface area contributed by atoms with Crippen molar-refractivity contribution in [3.05, 3.63) is 0 Å². The van der Waals surface area contributed by atoms with Crippen LogP contribution in [0, 0.1) is 5.92 Å². The molecule has 74 valence electrons. The average Bonchev–Trinajstić information content (AvgIpc) is 2.02. The monoisotopic (exact) mass is 192 g/mol. The van der Waals surface area contributed by atoms with Crippen molar-refractivity contribution in [1.29, 1.82) is 0 Å². The van der Waals surface area contributed by atoms with Crippen molar-refractivity contribution in [3.63, 3.8) is 0 Å². The molecule has 0 heterocycles. The van der Waals surface area contributed by atoms with Gasteiger partial charge in [-0.3, -0.25) is 4.29 Å². The predicted octanol–water partition coefficient (Wildman–Crippen LogP) is 4.15. The van der Waals surface area contributed by atoms with Crippen LogP contribution < -0.4 is 0 Å². The first-order valence-electron chi connectivity index (χ1n) is 5.01. The summed E-state index contributed by atoms with van der Waals surface area (Å²) in [4.78, 5) is 0. The minimum Gasteiger partial charge on any atom is -0.279 e. The van der Waals surface area contributed by atoms with Gasteiger partial charge in [0.15, 0.2) is 0 Å². The first-order chi connectivity index (χ1) is 5.77. The summed E-state index contributed by atoms with van der Waals surface area (Å²) in [7, 11) is 0. The fraction of sp³-hybridized carbons (Fsp3) is 1.00. The predicted molar refractivity (Wildman–Crippen MR) is 54.3 cm³/mol. The smallest absolute Gasteiger partial charge is 0.0682 e. The number of rotatable bonds is 8. The Labute approximate surface area is 81.6 Å². The maximum atomic E-state index is 5.08. The van der Waals surface area contributed by atoms with Gasteiger partial charge in [-0.15, -0.1) is 0 Å². The maximum Gasteiger partial charge on any atom is 0.0682 e. The van der Waals surface area contributed by atoms with Crippen LogP contribution in [0.5, 0.6) is 0 Å². The van der Waals surface area contributed by atoms with Gasteiger partial charge in [0.1, 0.15) is 0 Å². The number of unbranched alkanes of at least 4 members (excludes halogenated alkanes) is 4. The van der Waals surface area contributed by atoms with E-state index in [9.17, 15) is 0 Å². The molecule has 0 fully saturated rings. The Morgan fingerprint density at radius 2 is 1.58 bits per heavy atom. The molecular formula is C10H21ClO. The fourth-order valence-corrected chi connectivity index (χ4v) is 1.35. The van der Waals surface area contributed by atoms with Crippen molar-refractivity contribution < 1.29 is 4.29 Å². The van der Waals surface area contributed by atoms with Crippen molar-refractivity contribution in [2.75, 3.05) is 6.61 Å². The molecule has 0 aliphatic heterocycles. The molecule has 2 heteroatoms. The van der Waals surface area contributed by atoms with Crippen LogP contribution >= 0.6 is 11.9 Å². The molecule has 0 rings (SSSR count). The van der Waals surface area contributed by atoms with Crippen LogP contribution in [0.25, 0.3) is 0 Å². The van der Waals surface area contributed by atoms with E-state index in [0.717, 1.165) is 12.3 Å². The van der Waals surface area contributed by atoms with Gasteiger partial charge in [0.2, 0.25) is 0 Å². The van der Waals surface area contributed by atoms with Gasteiger partial charge in [0.05, 0.1) is 18.5 Å². The summed E-state index contributed by atoms with van der Waals surface area (Å²) in [5.74, 6) is 0.858. The summed E-state index contributed by atoms with van der Waals surface area (Å²) in [6.07, 6.45) is 7.79. The van der Waals surface area contributed by atoms with Gasteiger partial charge in [-0.1, -0.05) is 46.0 Å². The second-order valence-electron chi connectivity index (χ2n) is 3.76. The van der Waals surface area contributed by atoms with E-state index in [4.69, 9.17) is 11.9 Å². The molecule has 12 heavy (non-hydrogen) atoms. The van der Waals surface area contributed by atoms with E-state index in [2.05, 4.69) is 18.1 Å². The Hall–Kier alpha value is 0.250. The molecule has 0 saturated heterocycles. The lowest BCUT2D eigenvalue weighted by Crippen LogP contribution is -1.88. The van der Waals surface area contributed by atoms with E-state index in [1.54, 1.807) is 0 Å². The number of halogens is 1. The minimum atomic E-state index is 0.700. The molecule has 0 spiro atoms. The standard InChI is InChI=1S/C10H21ClO/c1-10(2)8-6-4-3-5-7-9-12-11/h10H,3-9H2,1-2H3. The molecular weight excluding hydrogens is 172 g/mol. The molecule has 0 saturated carbocycles. The Balaban J connectivity index is 2.82. The average molecular weight is 193 g/mol. The van der Waals surface area contributed by atoms with Crippen LogP contribution in [0.3, 0.4) is 0 Å². The van der Waals surface area contributed by atoms with Crippen molar-refractivity contribution >= 4 is 11.9 Å². The fourth-order valence-electron chi connectivity index (χ4n) is 1.24. The summed E-state index contributed by atoms with van der Waals surface area (Å²) in [5, 5.41) is 0. The van der Waals surface area contributed by atoms with Crippen LogP contribution in [0.1, 0.15) is 52.4 Å². The molecule has 0 atom stereocenters. The first kappa shape index (κ1) is 12.2. The first-order valence-corrected chi connectivity index (χ1v) is 5.31. The molecule has 0 aliphatic carbocycles. The van der Waals surface area contributed by atoms with Crippen LogP contribution in [0.15, 0.2) is 0 Å². The highest BCUT2D eigenvalue weighted by Gasteiger charge is 1.94. The van der Waals surface area contributed by atoms with Crippen LogP contribution in [-0.4, -0.2) is 6.61 Å². The molecule has 0 aromatic rings. The summed E-state index contributed by atoms with van der Waals surface area (Å²) in [6, 6.07) is 0. The van der Waals surface area contributed by atoms with Crippen LogP contribution in [-0.2, 0) is 4.29 Å². The molecule has 0 amide bonds. The summed E-state index contributed by atoms with van der Waals surface area (Å²) in [5.41, 5.74) is 0. The molecule has 0 N–H and O–H groups in total. The van der Waals surface area contributed by atoms with E-state index in [-0.39, 0.29) is 0 Å². The van der Waals surface area contributed by atoms with Gasteiger partial charge in [-0.2, -0.15) is 0 Å². The zero-order valence-electron chi connectivity index (χ0n) is 8.31. The summed E-state index contributed by atoms with van der Waals surface area (Å²) >= 11 is 5.08. The van der Waals surface area contributed by atoms with Crippen LogP contribution in [0.4, 0.5) is 0 Å². The Kier molecular flexibility index (Phi) is 9.53. The molecule has 0 bridgehead atoms. The van der Waals surface area contributed by atoms with E-state index in [0.29, 0.717) is 6.61 Å². The highest BCUT2D eigenvalue weighted by Crippen LogP contribution is 2.10. The third kappa shape index (κ3) is 10.2. The van der Waals surface area contributed by atoms with E-state index < -0.39 is 0 Å². The van der Waals surface area contributed by atoms with Crippen molar-refractivity contribution in [2.45, 2.75) is 52.4 Å². The lowest BCUT2D eigenvalue weighted by Gasteiger charge is -2.03. The molecule has 0 radical (unpaired) electrons. The molecule has 0 aromatic heterocycles. The van der Waals surface area contributed by atoms with Crippen molar-refractivity contribution in [2.24, 2.45) is 5.92 Å². The van der Waals surface area contributed by atoms with Gasteiger partial charge in [-0.05, 0) is 12.3 Å². The highest BCUT2D eigenvalue weighted by molar-refractivity contribution is 6.07. The van der Waals surface area contributed by atoms with Gasteiger partial charge in [0, 0.05) is 0 Å². The van der Waals surface area contributed by atoms with E-state index in [1.807, 2.05) is 0 Å². The topological polar surface area (TPSA) is 9.23 Å². The van der Waals surface area contributed by atoms with Gasteiger partial charge < -0.3 is 0 Å². The summed E-state index contributed by atoms with van der Waals surface area (Å²) < 4.78 is 4.46. The second kappa shape index (κ2) is 9.34. The minimum absolute atomic E-state index is 0.700. The quantitative estimate of drug-likeness (QED) is 0.525. The molecule has 1 nitrogen and oxygen atoms in total. The lowest BCUT2D eigenvalue weighted by molar-refractivity contribution is 0.334. The van der Waals surface area contributed by atoms with Gasteiger partial charge in [-0.25, -0.2) is 0 Å². The Morgan fingerprint density at radius 3 is 2.17 bits per heavy atom. The SMILES string of the molecule is CC(C)CCCCCCCOCl. The number of hydrogen-bond donors (Lipinski definition) is 0. The lowest BCUT2D eigenvalue weighted by atomic mass is 10.0. The highest BCUT2D eigenvalue weighted by atomic mass is 35.5. The molecule has 0 aliphatic rings. The zero-order valence-corrected chi connectivity index (χ0v) is 9.07.